The Kier molecular flexibility index (Phi) is 7.83. The summed E-state index contributed by atoms with van der Waals surface area (Å²) in [6.07, 6.45) is 1.81. The van der Waals surface area contributed by atoms with Gasteiger partial charge in [0.15, 0.2) is 0 Å². The number of aliphatic hydroxyl groups is 1. The van der Waals surface area contributed by atoms with Crippen molar-refractivity contribution in [1.82, 2.24) is 0 Å². The minimum absolute atomic E-state index is 0.0408. The lowest BCUT2D eigenvalue weighted by Crippen LogP contribution is -2.26. The zero-order chi connectivity index (χ0) is 8.53. The van der Waals surface area contributed by atoms with Gasteiger partial charge in [0, 0.05) is 6.61 Å². The minimum Gasteiger partial charge on any atom is -0.394 e. The van der Waals surface area contributed by atoms with E-state index >= 15 is 0 Å². The van der Waals surface area contributed by atoms with Gasteiger partial charge in [0.1, 0.15) is 6.10 Å². The van der Waals surface area contributed by atoms with Crippen LogP contribution in [0.3, 0.4) is 0 Å². The van der Waals surface area contributed by atoms with Gasteiger partial charge in [-0.3, -0.25) is 0 Å². The van der Waals surface area contributed by atoms with Crippen LogP contribution in [0.5, 0.6) is 0 Å². The van der Waals surface area contributed by atoms with Crippen LogP contribution in [-0.2, 0) is 9.57 Å². The fourth-order valence-electron chi connectivity index (χ4n) is 0.655. The third-order valence-corrected chi connectivity index (χ3v) is 1.34. The van der Waals surface area contributed by atoms with Crippen molar-refractivity contribution in [3.05, 3.63) is 0 Å². The summed E-state index contributed by atoms with van der Waals surface area (Å²) in [5, 5.41) is 8.70. The predicted molar refractivity (Wildman–Crippen MR) is 41.9 cm³/mol. The molecular formula is C7H17NO3. The van der Waals surface area contributed by atoms with Crippen LogP contribution in [0.4, 0.5) is 0 Å². The SMILES string of the molecule is CCCCOC(CO)CON. The van der Waals surface area contributed by atoms with Gasteiger partial charge < -0.3 is 14.7 Å². The lowest BCUT2D eigenvalue weighted by Gasteiger charge is -2.12. The summed E-state index contributed by atoms with van der Waals surface area (Å²) in [5.74, 6) is 4.82. The van der Waals surface area contributed by atoms with Gasteiger partial charge in [-0.15, -0.1) is 0 Å². The molecule has 0 rings (SSSR count). The van der Waals surface area contributed by atoms with E-state index in [2.05, 4.69) is 11.8 Å². The fourth-order valence-corrected chi connectivity index (χ4v) is 0.655. The van der Waals surface area contributed by atoms with E-state index in [4.69, 9.17) is 15.7 Å². The van der Waals surface area contributed by atoms with Gasteiger partial charge in [0.25, 0.3) is 0 Å². The molecule has 1 unspecified atom stereocenters. The number of rotatable bonds is 7. The summed E-state index contributed by atoms with van der Waals surface area (Å²) in [6.45, 7) is 2.95. The smallest absolute Gasteiger partial charge is 0.106 e. The van der Waals surface area contributed by atoms with Gasteiger partial charge in [-0.25, -0.2) is 5.90 Å². The second-order valence-electron chi connectivity index (χ2n) is 2.36. The summed E-state index contributed by atoms with van der Waals surface area (Å²) in [4.78, 5) is 4.34. The highest BCUT2D eigenvalue weighted by Crippen LogP contribution is 1.94. The van der Waals surface area contributed by atoms with Crippen molar-refractivity contribution in [1.29, 1.82) is 0 Å². The third-order valence-electron chi connectivity index (χ3n) is 1.34. The van der Waals surface area contributed by atoms with E-state index < -0.39 is 0 Å². The maximum absolute atomic E-state index is 8.70. The Morgan fingerprint density at radius 1 is 1.55 bits per heavy atom. The molecule has 0 aromatic rings. The molecule has 0 fully saturated rings. The molecule has 0 spiro atoms. The molecule has 0 bridgehead atoms. The molecule has 0 aliphatic heterocycles. The van der Waals surface area contributed by atoms with E-state index in [1.165, 1.54) is 0 Å². The lowest BCUT2D eigenvalue weighted by molar-refractivity contribution is -0.0437. The predicted octanol–water partition coefficient (Wildman–Crippen LogP) is 0.0543. The van der Waals surface area contributed by atoms with E-state index in [9.17, 15) is 0 Å². The first-order valence-electron chi connectivity index (χ1n) is 3.89. The molecule has 0 saturated heterocycles. The first-order valence-corrected chi connectivity index (χ1v) is 3.89. The summed E-state index contributed by atoms with van der Waals surface area (Å²) < 4.78 is 5.22. The second kappa shape index (κ2) is 7.94. The van der Waals surface area contributed by atoms with Crippen molar-refractivity contribution in [2.75, 3.05) is 19.8 Å². The van der Waals surface area contributed by atoms with E-state index in [1.54, 1.807) is 0 Å². The molecular weight excluding hydrogens is 146 g/mol. The molecule has 1 atom stereocenters. The van der Waals surface area contributed by atoms with E-state index in [-0.39, 0.29) is 19.3 Å². The van der Waals surface area contributed by atoms with E-state index in [0.717, 1.165) is 12.8 Å². The number of hydrogen-bond donors (Lipinski definition) is 2. The zero-order valence-electron chi connectivity index (χ0n) is 6.95. The number of aliphatic hydroxyl groups excluding tert-OH is 1. The Morgan fingerprint density at radius 2 is 2.27 bits per heavy atom. The van der Waals surface area contributed by atoms with Crippen LogP contribution < -0.4 is 5.90 Å². The van der Waals surface area contributed by atoms with Crippen LogP contribution in [0, 0.1) is 0 Å². The first kappa shape index (κ1) is 10.8. The summed E-state index contributed by atoms with van der Waals surface area (Å²) in [6, 6.07) is 0. The van der Waals surface area contributed by atoms with Gasteiger partial charge in [0.2, 0.25) is 0 Å². The molecule has 0 amide bonds. The quantitative estimate of drug-likeness (QED) is 0.411. The summed E-state index contributed by atoms with van der Waals surface area (Å²) in [7, 11) is 0. The maximum atomic E-state index is 8.70. The normalized spacial score (nSPS) is 13.4. The van der Waals surface area contributed by atoms with Crippen molar-refractivity contribution in [2.24, 2.45) is 5.90 Å². The van der Waals surface area contributed by atoms with Crippen molar-refractivity contribution < 1.29 is 14.7 Å². The van der Waals surface area contributed by atoms with E-state index in [1.807, 2.05) is 0 Å². The minimum atomic E-state index is -0.272. The summed E-state index contributed by atoms with van der Waals surface area (Å²) in [5.41, 5.74) is 0. The number of hydrogen-bond acceptors (Lipinski definition) is 4. The Balaban J connectivity index is 3.20. The van der Waals surface area contributed by atoms with Crippen LogP contribution in [0.15, 0.2) is 0 Å². The van der Waals surface area contributed by atoms with Crippen molar-refractivity contribution in [3.8, 4) is 0 Å². The standard InChI is InChI=1S/C7H17NO3/c1-2-3-4-10-7(5-9)6-11-8/h7,9H,2-6,8H2,1H3. The van der Waals surface area contributed by atoms with Gasteiger partial charge in [0.05, 0.1) is 13.2 Å². The van der Waals surface area contributed by atoms with Crippen LogP contribution in [0.2, 0.25) is 0 Å². The Bertz CT molecular complexity index is 80.1. The van der Waals surface area contributed by atoms with Crippen LogP contribution in [0.25, 0.3) is 0 Å². The molecule has 0 saturated carbocycles. The molecule has 4 heteroatoms. The molecule has 0 aliphatic carbocycles. The Labute approximate surface area is 67.2 Å². The third kappa shape index (κ3) is 6.25. The molecule has 3 N–H and O–H groups in total. The highest BCUT2D eigenvalue weighted by atomic mass is 16.6. The van der Waals surface area contributed by atoms with Gasteiger partial charge in [-0.2, -0.15) is 0 Å². The molecule has 0 aromatic heterocycles. The first-order chi connectivity index (χ1) is 5.35. The topological polar surface area (TPSA) is 64.7 Å². The Hall–Kier alpha value is -0.160. The highest BCUT2D eigenvalue weighted by Gasteiger charge is 2.05. The average Bonchev–Trinajstić information content (AvgIpc) is 2.03. The van der Waals surface area contributed by atoms with Crippen LogP contribution >= 0.6 is 0 Å². The summed E-state index contributed by atoms with van der Waals surface area (Å²) >= 11 is 0. The molecule has 4 nitrogen and oxygen atoms in total. The van der Waals surface area contributed by atoms with E-state index in [0.29, 0.717) is 6.61 Å². The number of ether oxygens (including phenoxy) is 1. The van der Waals surface area contributed by atoms with Crippen molar-refractivity contribution >= 4 is 0 Å². The molecule has 0 radical (unpaired) electrons. The van der Waals surface area contributed by atoms with Crippen LogP contribution in [-0.4, -0.2) is 31.0 Å². The lowest BCUT2D eigenvalue weighted by atomic mass is 10.3. The van der Waals surface area contributed by atoms with Crippen LogP contribution in [0.1, 0.15) is 19.8 Å². The number of nitrogens with two attached hydrogens (primary N) is 1. The second-order valence-corrected chi connectivity index (χ2v) is 2.36. The highest BCUT2D eigenvalue weighted by molar-refractivity contribution is 4.52. The zero-order valence-corrected chi connectivity index (χ0v) is 6.95. The fraction of sp³-hybridized carbons (Fsp3) is 1.00. The maximum Gasteiger partial charge on any atom is 0.106 e. The molecule has 0 aromatic carbocycles. The van der Waals surface area contributed by atoms with Crippen molar-refractivity contribution in [3.63, 3.8) is 0 Å². The van der Waals surface area contributed by atoms with Crippen molar-refractivity contribution in [2.45, 2.75) is 25.9 Å². The largest absolute Gasteiger partial charge is 0.394 e. The van der Waals surface area contributed by atoms with Gasteiger partial charge >= 0.3 is 0 Å². The number of unbranched alkanes of at least 4 members (excludes halogenated alkanes) is 1. The Morgan fingerprint density at radius 3 is 2.73 bits per heavy atom. The molecule has 11 heavy (non-hydrogen) atoms. The van der Waals surface area contributed by atoms with Gasteiger partial charge in [-0.1, -0.05) is 13.3 Å². The molecule has 0 aliphatic rings. The monoisotopic (exact) mass is 163 g/mol. The van der Waals surface area contributed by atoms with Gasteiger partial charge in [-0.05, 0) is 6.42 Å². The molecule has 0 heterocycles. The average molecular weight is 163 g/mol. The molecule has 68 valence electrons.